The van der Waals surface area contributed by atoms with Gasteiger partial charge in [-0.05, 0) is 54.4 Å². The number of rotatable bonds is 9. The van der Waals surface area contributed by atoms with Gasteiger partial charge in [0.05, 0.1) is 20.0 Å². The summed E-state index contributed by atoms with van der Waals surface area (Å²) in [5.41, 5.74) is 0.403. The molecule has 0 aromatic carbocycles. The number of methoxy groups -OCH3 is 1. The first-order valence-electron chi connectivity index (χ1n) is 15.0. The summed E-state index contributed by atoms with van der Waals surface area (Å²) in [6.45, 7) is 34.0. The molecule has 1 saturated heterocycles. The first-order chi connectivity index (χ1) is 18.8. The van der Waals surface area contributed by atoms with E-state index in [1.165, 1.54) is 7.11 Å². The van der Waals surface area contributed by atoms with Crippen molar-refractivity contribution >= 4 is 36.1 Å². The Morgan fingerprint density at radius 2 is 1.36 bits per heavy atom. The molecule has 10 nitrogen and oxygen atoms in total. The topological polar surface area (TPSA) is 110 Å². The number of hydrogen-bond acceptors (Lipinski definition) is 8. The summed E-state index contributed by atoms with van der Waals surface area (Å²) in [5, 5.41) is -0.0297. The number of nitrogens with one attached hydrogen (secondary N) is 1. The van der Waals surface area contributed by atoms with Crippen LogP contribution in [0.1, 0.15) is 68.5 Å². The van der Waals surface area contributed by atoms with E-state index in [0.29, 0.717) is 17.8 Å². The lowest BCUT2D eigenvalue weighted by atomic mass is 10.1. The van der Waals surface area contributed by atoms with Crippen LogP contribution in [0.3, 0.4) is 0 Å². The molecule has 0 saturated carbocycles. The van der Waals surface area contributed by atoms with E-state index >= 15 is 0 Å². The van der Waals surface area contributed by atoms with Crippen molar-refractivity contribution in [1.29, 1.82) is 0 Å². The lowest BCUT2D eigenvalue weighted by molar-refractivity contribution is -0.0470. The van der Waals surface area contributed by atoms with Gasteiger partial charge in [-0.3, -0.25) is 9.55 Å². The summed E-state index contributed by atoms with van der Waals surface area (Å²) in [5.74, 6) is 0.166. The third kappa shape index (κ3) is 6.97. The molecule has 42 heavy (non-hydrogen) atoms. The number of fused-ring (bicyclic) bond motifs is 1. The van der Waals surface area contributed by atoms with Gasteiger partial charge in [0.25, 0.3) is 0 Å². The SMILES string of the molecule is COc1nc(=O)[nH]c2c1ncn2[C@@H]1O[C@H](CO[Si](C)(C)C(C)(C)C)[C@@H](O[Si](C)(C)C(C)(C)C)[C@H]1O[Si](C)(C)C(C)(C)C. The van der Waals surface area contributed by atoms with Crippen LogP contribution in [0.2, 0.25) is 54.4 Å². The van der Waals surface area contributed by atoms with Crippen LogP contribution in [-0.4, -0.2) is 76.5 Å². The molecule has 0 aliphatic carbocycles. The summed E-state index contributed by atoms with van der Waals surface area (Å²) in [7, 11) is -5.22. The van der Waals surface area contributed by atoms with Crippen LogP contribution in [0.25, 0.3) is 11.2 Å². The van der Waals surface area contributed by atoms with Crippen molar-refractivity contribution in [3.05, 3.63) is 16.8 Å². The molecule has 1 N–H and O–H groups in total. The summed E-state index contributed by atoms with van der Waals surface area (Å²) in [6, 6.07) is 0. The van der Waals surface area contributed by atoms with E-state index in [4.69, 9.17) is 22.8 Å². The van der Waals surface area contributed by atoms with Gasteiger partial charge in [-0.1, -0.05) is 62.3 Å². The van der Waals surface area contributed by atoms with Crippen LogP contribution in [0.4, 0.5) is 0 Å². The third-order valence-electron chi connectivity index (χ3n) is 10.1. The zero-order chi connectivity index (χ0) is 32.3. The summed E-state index contributed by atoms with van der Waals surface area (Å²) >= 11 is 0. The minimum Gasteiger partial charge on any atom is -0.479 e. The molecule has 0 amide bonds. The van der Waals surface area contributed by atoms with E-state index in [2.05, 4.69) is 117 Å². The van der Waals surface area contributed by atoms with Gasteiger partial charge in [-0.2, -0.15) is 4.98 Å². The van der Waals surface area contributed by atoms with Gasteiger partial charge >= 0.3 is 5.69 Å². The second-order valence-corrected chi connectivity index (χ2v) is 30.5. The Labute approximate surface area is 255 Å². The Bertz CT molecular complexity index is 1300. The monoisotopic (exact) mass is 640 g/mol. The van der Waals surface area contributed by atoms with E-state index in [9.17, 15) is 4.79 Å². The van der Waals surface area contributed by atoms with Gasteiger partial charge in [0.2, 0.25) is 5.88 Å². The highest BCUT2D eigenvalue weighted by Gasteiger charge is 2.55. The largest absolute Gasteiger partial charge is 0.479 e. The fourth-order valence-corrected chi connectivity index (χ4v) is 7.74. The minimum absolute atomic E-state index is 0.0244. The second kappa shape index (κ2) is 11.5. The first kappa shape index (κ1) is 35.1. The van der Waals surface area contributed by atoms with Gasteiger partial charge in [0.15, 0.2) is 36.7 Å². The van der Waals surface area contributed by atoms with E-state index in [-0.39, 0.29) is 33.2 Å². The van der Waals surface area contributed by atoms with Crippen LogP contribution in [0.5, 0.6) is 5.88 Å². The molecule has 0 spiro atoms. The standard InChI is InChI=1S/C29H56N4O6Si3/c1-27(2,3)40(11,12)36-17-19-21(38-41(13,14)28(4,5)6)22(39-42(15,16)29(7,8)9)25(37-19)33-18-30-20-23(33)31-26(34)32-24(20)35-10/h18-19,21-22,25H,17H2,1-16H3,(H,31,32,34)/t19-,21-,22-,25-/m1/s1. The van der Waals surface area contributed by atoms with Crippen LogP contribution < -0.4 is 10.4 Å². The molecule has 0 unspecified atom stereocenters. The normalized spacial score (nSPS) is 23.1. The van der Waals surface area contributed by atoms with Crippen molar-refractivity contribution in [3.8, 4) is 5.88 Å². The van der Waals surface area contributed by atoms with Crippen LogP contribution >= 0.6 is 0 Å². The molecule has 2 aromatic rings. The first-order valence-corrected chi connectivity index (χ1v) is 23.7. The van der Waals surface area contributed by atoms with Crippen LogP contribution in [0, 0.1) is 0 Å². The van der Waals surface area contributed by atoms with Crippen molar-refractivity contribution in [2.75, 3.05) is 13.7 Å². The Morgan fingerprint density at radius 3 is 1.83 bits per heavy atom. The van der Waals surface area contributed by atoms with Gasteiger partial charge in [-0.15, -0.1) is 0 Å². The molecule has 1 fully saturated rings. The van der Waals surface area contributed by atoms with Crippen molar-refractivity contribution in [2.45, 2.75) is 141 Å². The zero-order valence-corrected chi connectivity index (χ0v) is 31.9. The number of aromatic nitrogens is 4. The summed E-state index contributed by atoms with van der Waals surface area (Å²) < 4.78 is 35.3. The highest BCUT2D eigenvalue weighted by atomic mass is 28.4. The maximum absolute atomic E-state index is 12.5. The summed E-state index contributed by atoms with van der Waals surface area (Å²) in [4.78, 5) is 23.9. The fourth-order valence-electron chi connectivity index (χ4n) is 4.13. The number of H-pyrrole nitrogens is 1. The molecular weight excluding hydrogens is 585 g/mol. The van der Waals surface area contributed by atoms with Crippen molar-refractivity contribution in [3.63, 3.8) is 0 Å². The summed E-state index contributed by atoms with van der Waals surface area (Å²) in [6.07, 6.45) is -0.191. The molecule has 240 valence electrons. The Kier molecular flexibility index (Phi) is 9.64. The van der Waals surface area contributed by atoms with E-state index < -0.39 is 43.0 Å². The molecule has 2 aromatic heterocycles. The van der Waals surface area contributed by atoms with Gasteiger partial charge in [0, 0.05) is 0 Å². The van der Waals surface area contributed by atoms with Gasteiger partial charge in [0.1, 0.15) is 24.0 Å². The maximum atomic E-state index is 12.5. The maximum Gasteiger partial charge on any atom is 0.349 e. The molecule has 3 heterocycles. The molecule has 0 bridgehead atoms. The lowest BCUT2D eigenvalue weighted by Crippen LogP contribution is -2.54. The number of nitrogens with zero attached hydrogens (tertiary/aromatic N) is 3. The van der Waals surface area contributed by atoms with Crippen molar-refractivity contribution in [2.24, 2.45) is 0 Å². The zero-order valence-electron chi connectivity index (χ0n) is 28.9. The quantitative estimate of drug-likeness (QED) is 0.297. The van der Waals surface area contributed by atoms with E-state index in [0.717, 1.165) is 0 Å². The molecule has 4 atom stereocenters. The predicted molar refractivity (Wildman–Crippen MR) is 176 cm³/mol. The smallest absolute Gasteiger partial charge is 0.349 e. The minimum atomic E-state index is -2.32. The third-order valence-corrected chi connectivity index (χ3v) is 23.5. The lowest BCUT2D eigenvalue weighted by Gasteiger charge is -2.44. The number of ether oxygens (including phenoxy) is 2. The highest BCUT2D eigenvalue weighted by Crippen LogP contribution is 2.47. The average molecular weight is 641 g/mol. The Hall–Kier alpha value is -1.36. The Morgan fingerprint density at radius 1 is 0.857 bits per heavy atom. The Balaban J connectivity index is 2.20. The molecule has 1 aliphatic heterocycles. The van der Waals surface area contributed by atoms with E-state index in [1.807, 2.05) is 4.57 Å². The molecule has 0 radical (unpaired) electrons. The highest BCUT2D eigenvalue weighted by molar-refractivity contribution is 6.75. The number of imidazole rings is 1. The average Bonchev–Trinajstić information content (AvgIpc) is 3.36. The molecule has 13 heteroatoms. The van der Waals surface area contributed by atoms with Crippen molar-refractivity contribution < 1.29 is 22.8 Å². The number of aromatic amines is 1. The van der Waals surface area contributed by atoms with Crippen LogP contribution in [0.15, 0.2) is 11.1 Å². The molecule has 1 aliphatic rings. The van der Waals surface area contributed by atoms with Gasteiger partial charge < -0.3 is 22.8 Å². The van der Waals surface area contributed by atoms with Crippen LogP contribution in [-0.2, 0) is 18.0 Å². The van der Waals surface area contributed by atoms with E-state index in [1.54, 1.807) is 6.33 Å². The molecular formula is C29H56N4O6Si3. The predicted octanol–water partition coefficient (Wildman–Crippen LogP) is 6.83. The fraction of sp³-hybridized carbons (Fsp3) is 0.828. The molecule has 3 rings (SSSR count). The number of hydrogen-bond donors (Lipinski definition) is 1. The van der Waals surface area contributed by atoms with Crippen molar-refractivity contribution in [1.82, 2.24) is 19.5 Å². The van der Waals surface area contributed by atoms with Gasteiger partial charge in [-0.25, -0.2) is 9.78 Å². The second-order valence-electron chi connectivity index (χ2n) is 16.2.